The van der Waals surface area contributed by atoms with E-state index in [1.807, 2.05) is 31.3 Å². The minimum atomic E-state index is 0.0215. The van der Waals surface area contributed by atoms with Crippen molar-refractivity contribution in [1.82, 2.24) is 5.32 Å². The van der Waals surface area contributed by atoms with Crippen molar-refractivity contribution in [3.8, 4) is 0 Å². The molecule has 0 saturated carbocycles. The Morgan fingerprint density at radius 1 is 1.12 bits per heavy atom. The Balaban J connectivity index is 2.45. The van der Waals surface area contributed by atoms with Crippen molar-refractivity contribution >= 4 is 47.8 Å². The highest BCUT2D eigenvalue weighted by Crippen LogP contribution is 2.32. The van der Waals surface area contributed by atoms with Crippen LogP contribution in [0, 0.1) is 0 Å². The number of benzene rings is 1. The molecule has 1 aromatic heterocycles. The molecule has 2 nitrogen and oxygen atoms in total. The third kappa shape index (κ3) is 3.02. The van der Waals surface area contributed by atoms with Crippen molar-refractivity contribution in [3.05, 3.63) is 55.3 Å². The van der Waals surface area contributed by atoms with Gasteiger partial charge in [-0.2, -0.15) is 0 Å². The predicted octanol–water partition coefficient (Wildman–Crippen LogP) is 4.88. The van der Waals surface area contributed by atoms with Crippen LogP contribution in [-0.2, 0) is 0 Å². The summed E-state index contributed by atoms with van der Waals surface area (Å²) in [5, 5.41) is 3.25. The summed E-state index contributed by atoms with van der Waals surface area (Å²) in [6, 6.07) is 9.96. The zero-order valence-corrected chi connectivity index (χ0v) is 13.8. The molecule has 2 rings (SSSR count). The second-order valence-corrected chi connectivity index (χ2v) is 6.08. The fourth-order valence-corrected chi connectivity index (χ4v) is 2.84. The Hall–Kier alpha value is -0.100. The molecule has 0 aliphatic heterocycles. The molecular formula is C12H10Br3NO. The zero-order chi connectivity index (χ0) is 12.4. The summed E-state index contributed by atoms with van der Waals surface area (Å²) >= 11 is 10.4. The van der Waals surface area contributed by atoms with E-state index in [4.69, 9.17) is 4.42 Å². The van der Waals surface area contributed by atoms with E-state index in [-0.39, 0.29) is 6.04 Å². The summed E-state index contributed by atoms with van der Waals surface area (Å²) in [5.41, 5.74) is 1.13. The van der Waals surface area contributed by atoms with Gasteiger partial charge in [-0.25, -0.2) is 0 Å². The van der Waals surface area contributed by atoms with E-state index in [0.29, 0.717) is 0 Å². The first-order valence-corrected chi connectivity index (χ1v) is 7.37. The van der Waals surface area contributed by atoms with Gasteiger partial charge < -0.3 is 9.73 Å². The molecule has 0 aliphatic rings. The highest BCUT2D eigenvalue weighted by atomic mass is 79.9. The fraction of sp³-hybridized carbons (Fsp3) is 0.167. The van der Waals surface area contributed by atoms with Gasteiger partial charge in [-0.1, -0.05) is 31.9 Å². The lowest BCUT2D eigenvalue weighted by Gasteiger charge is -2.16. The first-order chi connectivity index (χ1) is 8.11. The van der Waals surface area contributed by atoms with Crippen LogP contribution in [0.2, 0.25) is 0 Å². The van der Waals surface area contributed by atoms with E-state index >= 15 is 0 Å². The lowest BCUT2D eigenvalue weighted by Crippen LogP contribution is -2.17. The molecule has 2 aromatic rings. The second-order valence-electron chi connectivity index (χ2n) is 3.53. The summed E-state index contributed by atoms with van der Waals surface area (Å²) in [7, 11) is 1.91. The van der Waals surface area contributed by atoms with Gasteiger partial charge in [0.15, 0.2) is 4.67 Å². The largest absolute Gasteiger partial charge is 0.452 e. The van der Waals surface area contributed by atoms with Gasteiger partial charge in [0, 0.05) is 8.95 Å². The van der Waals surface area contributed by atoms with Gasteiger partial charge in [-0.15, -0.1) is 0 Å². The fourth-order valence-electron chi connectivity index (χ4n) is 1.67. The maximum Gasteiger partial charge on any atom is 0.169 e. The lowest BCUT2D eigenvalue weighted by atomic mass is 10.1. The van der Waals surface area contributed by atoms with Crippen molar-refractivity contribution < 1.29 is 4.42 Å². The molecule has 5 heteroatoms. The number of furan rings is 1. The van der Waals surface area contributed by atoms with Crippen LogP contribution in [0.4, 0.5) is 0 Å². The monoisotopic (exact) mass is 421 g/mol. The molecule has 0 fully saturated rings. The summed E-state index contributed by atoms with van der Waals surface area (Å²) in [4.78, 5) is 0. The molecule has 1 N–H and O–H groups in total. The SMILES string of the molecule is CNC(c1ccc(Br)o1)c1cc(Br)ccc1Br. The molecule has 1 unspecified atom stereocenters. The molecule has 0 saturated heterocycles. The van der Waals surface area contributed by atoms with Gasteiger partial charge in [0.05, 0.1) is 6.04 Å². The molecule has 0 bridgehead atoms. The number of rotatable bonds is 3. The Labute approximate surface area is 125 Å². The van der Waals surface area contributed by atoms with Crippen LogP contribution in [0.1, 0.15) is 17.4 Å². The van der Waals surface area contributed by atoms with Crippen molar-refractivity contribution in [2.24, 2.45) is 0 Å². The summed E-state index contributed by atoms with van der Waals surface area (Å²) in [6.07, 6.45) is 0. The van der Waals surface area contributed by atoms with Crippen molar-refractivity contribution in [2.75, 3.05) is 7.05 Å². The summed E-state index contributed by atoms with van der Waals surface area (Å²) < 4.78 is 8.43. The van der Waals surface area contributed by atoms with E-state index in [9.17, 15) is 0 Å². The molecule has 0 aliphatic carbocycles. The first kappa shape index (κ1) is 13.3. The van der Waals surface area contributed by atoms with Crippen LogP contribution >= 0.6 is 47.8 Å². The average Bonchev–Trinajstić information content (AvgIpc) is 2.71. The van der Waals surface area contributed by atoms with E-state index in [1.165, 1.54) is 0 Å². The van der Waals surface area contributed by atoms with E-state index in [1.54, 1.807) is 0 Å². The number of hydrogen-bond donors (Lipinski definition) is 1. The molecule has 90 valence electrons. The van der Waals surface area contributed by atoms with Crippen LogP contribution in [0.3, 0.4) is 0 Å². The number of hydrogen-bond acceptors (Lipinski definition) is 2. The third-order valence-electron chi connectivity index (χ3n) is 2.44. The van der Waals surface area contributed by atoms with Crippen molar-refractivity contribution in [3.63, 3.8) is 0 Å². The maximum atomic E-state index is 5.60. The third-order valence-corrected chi connectivity index (χ3v) is 4.08. The molecule has 0 radical (unpaired) electrons. The predicted molar refractivity (Wildman–Crippen MR) is 79.2 cm³/mol. The normalized spacial score (nSPS) is 12.7. The summed E-state index contributed by atoms with van der Waals surface area (Å²) in [5.74, 6) is 0.873. The van der Waals surface area contributed by atoms with Gasteiger partial charge in [0.2, 0.25) is 0 Å². The van der Waals surface area contributed by atoms with E-state index < -0.39 is 0 Å². The van der Waals surface area contributed by atoms with Crippen molar-refractivity contribution in [1.29, 1.82) is 0 Å². The second kappa shape index (κ2) is 5.69. The Morgan fingerprint density at radius 3 is 2.47 bits per heavy atom. The molecule has 0 spiro atoms. The number of halogens is 3. The van der Waals surface area contributed by atoms with E-state index in [2.05, 4.69) is 59.2 Å². The van der Waals surface area contributed by atoms with Gasteiger partial charge in [-0.05, 0) is 58.9 Å². The standard InChI is InChI=1S/C12H10Br3NO/c1-16-12(10-4-5-11(15)17-10)8-6-7(13)2-3-9(8)14/h2-6,12,16H,1H3. The van der Waals surface area contributed by atoms with Crippen LogP contribution in [0.5, 0.6) is 0 Å². The van der Waals surface area contributed by atoms with Crippen LogP contribution in [-0.4, -0.2) is 7.05 Å². The quantitative estimate of drug-likeness (QED) is 0.761. The minimum absolute atomic E-state index is 0.0215. The van der Waals surface area contributed by atoms with Gasteiger partial charge >= 0.3 is 0 Å². The van der Waals surface area contributed by atoms with Crippen molar-refractivity contribution in [2.45, 2.75) is 6.04 Å². The Morgan fingerprint density at radius 2 is 1.88 bits per heavy atom. The van der Waals surface area contributed by atoms with Crippen LogP contribution in [0.25, 0.3) is 0 Å². The first-order valence-electron chi connectivity index (χ1n) is 4.99. The Kier molecular flexibility index (Phi) is 4.47. The smallest absolute Gasteiger partial charge is 0.169 e. The number of nitrogens with one attached hydrogen (secondary N) is 1. The Bertz CT molecular complexity index is 524. The zero-order valence-electron chi connectivity index (χ0n) is 9.01. The highest BCUT2D eigenvalue weighted by Gasteiger charge is 2.18. The molecule has 17 heavy (non-hydrogen) atoms. The van der Waals surface area contributed by atoms with Gasteiger partial charge in [0.25, 0.3) is 0 Å². The minimum Gasteiger partial charge on any atom is -0.452 e. The van der Waals surface area contributed by atoms with E-state index in [0.717, 1.165) is 24.9 Å². The van der Waals surface area contributed by atoms with Crippen LogP contribution in [0.15, 0.2) is 48.4 Å². The average molecular weight is 424 g/mol. The lowest BCUT2D eigenvalue weighted by molar-refractivity contribution is 0.446. The molecule has 1 aromatic carbocycles. The van der Waals surface area contributed by atoms with Gasteiger partial charge in [0.1, 0.15) is 5.76 Å². The maximum absolute atomic E-state index is 5.60. The molecule has 0 amide bonds. The highest BCUT2D eigenvalue weighted by molar-refractivity contribution is 9.11. The summed E-state index contributed by atoms with van der Waals surface area (Å²) in [6.45, 7) is 0. The molecular weight excluding hydrogens is 414 g/mol. The molecule has 1 atom stereocenters. The van der Waals surface area contributed by atoms with Crippen LogP contribution < -0.4 is 5.32 Å². The van der Waals surface area contributed by atoms with Gasteiger partial charge in [-0.3, -0.25) is 0 Å². The topological polar surface area (TPSA) is 25.2 Å². The molecule has 1 heterocycles.